The largest absolute Gasteiger partial charge is 0.507 e. The van der Waals surface area contributed by atoms with Gasteiger partial charge in [0.1, 0.15) is 11.5 Å². The van der Waals surface area contributed by atoms with Gasteiger partial charge in [0.2, 0.25) is 0 Å². The molecule has 1 heterocycles. The van der Waals surface area contributed by atoms with E-state index in [-0.39, 0.29) is 17.2 Å². The fourth-order valence-corrected chi connectivity index (χ4v) is 2.68. The van der Waals surface area contributed by atoms with Crippen molar-refractivity contribution in [2.75, 3.05) is 26.7 Å². The number of aromatic hydroxyl groups is 1. The minimum Gasteiger partial charge on any atom is -0.507 e. The molecular formula is C15H22N2O3. The van der Waals surface area contributed by atoms with Crippen molar-refractivity contribution in [3.63, 3.8) is 0 Å². The molecule has 0 aliphatic carbocycles. The van der Waals surface area contributed by atoms with Crippen molar-refractivity contribution in [3.05, 3.63) is 23.8 Å². The average Bonchev–Trinajstić information content (AvgIpc) is 2.92. The van der Waals surface area contributed by atoms with Crippen molar-refractivity contribution >= 4 is 5.91 Å². The molecule has 1 aromatic rings. The van der Waals surface area contributed by atoms with E-state index >= 15 is 0 Å². The molecule has 1 atom stereocenters. The fourth-order valence-electron chi connectivity index (χ4n) is 2.68. The summed E-state index contributed by atoms with van der Waals surface area (Å²) >= 11 is 0. The average molecular weight is 278 g/mol. The number of phenolic OH excluding ortho intramolecular Hbond substituents is 1. The summed E-state index contributed by atoms with van der Waals surface area (Å²) < 4.78 is 5.00. The molecule has 20 heavy (non-hydrogen) atoms. The van der Waals surface area contributed by atoms with E-state index in [9.17, 15) is 9.90 Å². The van der Waals surface area contributed by atoms with Crippen LogP contribution >= 0.6 is 0 Å². The molecule has 1 saturated heterocycles. The molecule has 0 saturated carbocycles. The number of benzene rings is 1. The predicted octanol–water partition coefficient (Wildman–Crippen LogP) is 1.61. The minimum atomic E-state index is -0.242. The molecule has 1 fully saturated rings. The lowest BCUT2D eigenvalue weighted by molar-refractivity contribution is 0.0938. The molecule has 0 aromatic heterocycles. The van der Waals surface area contributed by atoms with E-state index in [0.717, 1.165) is 19.5 Å². The standard InChI is InChI=1S/C15H22N2O3/c1-3-17-8-4-5-11(17)10-16-15(19)13-7-6-12(20-2)9-14(13)18/h6-7,9,11,18H,3-5,8,10H2,1-2H3,(H,16,19). The minimum absolute atomic E-state index is 0.0550. The quantitative estimate of drug-likeness (QED) is 0.859. The third-order valence-corrected chi connectivity index (χ3v) is 3.85. The van der Waals surface area contributed by atoms with E-state index in [1.807, 2.05) is 0 Å². The Kier molecular flexibility index (Phi) is 4.84. The van der Waals surface area contributed by atoms with Crippen LogP contribution in [0.4, 0.5) is 0 Å². The van der Waals surface area contributed by atoms with Gasteiger partial charge in [0.05, 0.1) is 12.7 Å². The van der Waals surface area contributed by atoms with Gasteiger partial charge in [-0.15, -0.1) is 0 Å². The van der Waals surface area contributed by atoms with Crippen molar-refractivity contribution < 1.29 is 14.6 Å². The molecule has 0 radical (unpaired) electrons. The van der Waals surface area contributed by atoms with Crippen molar-refractivity contribution in [2.45, 2.75) is 25.8 Å². The number of carbonyl (C=O) groups is 1. The third-order valence-electron chi connectivity index (χ3n) is 3.85. The van der Waals surface area contributed by atoms with Crippen molar-refractivity contribution in [2.24, 2.45) is 0 Å². The number of ether oxygens (including phenoxy) is 1. The first-order valence-corrected chi connectivity index (χ1v) is 7.05. The summed E-state index contributed by atoms with van der Waals surface area (Å²) in [5.74, 6) is 0.237. The van der Waals surface area contributed by atoms with Gasteiger partial charge in [0.15, 0.2) is 0 Å². The van der Waals surface area contributed by atoms with Crippen LogP contribution in [-0.4, -0.2) is 48.7 Å². The van der Waals surface area contributed by atoms with E-state index in [0.29, 0.717) is 18.3 Å². The second-order valence-electron chi connectivity index (χ2n) is 5.02. The molecular weight excluding hydrogens is 256 g/mol. The van der Waals surface area contributed by atoms with Gasteiger partial charge < -0.3 is 15.2 Å². The van der Waals surface area contributed by atoms with Crippen LogP contribution in [0.1, 0.15) is 30.1 Å². The maximum atomic E-state index is 12.1. The summed E-state index contributed by atoms with van der Waals surface area (Å²) in [7, 11) is 1.52. The van der Waals surface area contributed by atoms with Gasteiger partial charge in [0, 0.05) is 18.7 Å². The van der Waals surface area contributed by atoms with Crippen molar-refractivity contribution in [3.8, 4) is 11.5 Å². The van der Waals surface area contributed by atoms with Gasteiger partial charge in [0.25, 0.3) is 5.91 Å². The SMILES string of the molecule is CCN1CCCC1CNC(=O)c1ccc(OC)cc1O. The second kappa shape index (κ2) is 6.61. The molecule has 5 heteroatoms. The zero-order valence-electron chi connectivity index (χ0n) is 12.1. The molecule has 1 aliphatic heterocycles. The van der Waals surface area contributed by atoms with Gasteiger partial charge >= 0.3 is 0 Å². The third kappa shape index (κ3) is 3.22. The van der Waals surface area contributed by atoms with Crippen LogP contribution in [0, 0.1) is 0 Å². The molecule has 5 nitrogen and oxygen atoms in total. The van der Waals surface area contributed by atoms with Crippen LogP contribution in [0.2, 0.25) is 0 Å². The number of rotatable bonds is 5. The Balaban J connectivity index is 1.95. The topological polar surface area (TPSA) is 61.8 Å². The Hall–Kier alpha value is -1.75. The maximum Gasteiger partial charge on any atom is 0.255 e. The molecule has 1 unspecified atom stereocenters. The van der Waals surface area contributed by atoms with Crippen molar-refractivity contribution in [1.29, 1.82) is 0 Å². The smallest absolute Gasteiger partial charge is 0.255 e. The molecule has 0 bridgehead atoms. The van der Waals surface area contributed by atoms with Crippen molar-refractivity contribution in [1.82, 2.24) is 10.2 Å². The van der Waals surface area contributed by atoms with E-state index in [4.69, 9.17) is 4.74 Å². The molecule has 1 aliphatic rings. The van der Waals surface area contributed by atoms with Gasteiger partial charge in [-0.3, -0.25) is 9.69 Å². The van der Waals surface area contributed by atoms with Crippen LogP contribution < -0.4 is 10.1 Å². The number of hydrogen-bond donors (Lipinski definition) is 2. The van der Waals surface area contributed by atoms with Gasteiger partial charge in [-0.25, -0.2) is 0 Å². The van der Waals surface area contributed by atoms with Gasteiger partial charge in [-0.1, -0.05) is 6.92 Å². The number of methoxy groups -OCH3 is 1. The van der Waals surface area contributed by atoms with Crippen LogP contribution in [0.15, 0.2) is 18.2 Å². The zero-order chi connectivity index (χ0) is 14.5. The summed E-state index contributed by atoms with van der Waals surface area (Å²) in [5, 5.41) is 12.7. The number of likely N-dealkylation sites (N-methyl/N-ethyl adjacent to an activating group) is 1. The zero-order valence-corrected chi connectivity index (χ0v) is 12.1. The number of nitrogens with one attached hydrogen (secondary N) is 1. The fraction of sp³-hybridized carbons (Fsp3) is 0.533. The predicted molar refractivity (Wildman–Crippen MR) is 77.3 cm³/mol. The first-order chi connectivity index (χ1) is 9.65. The number of nitrogens with zero attached hydrogens (tertiary/aromatic N) is 1. The molecule has 110 valence electrons. The number of amides is 1. The highest BCUT2D eigenvalue weighted by Crippen LogP contribution is 2.23. The Bertz CT molecular complexity index is 476. The first kappa shape index (κ1) is 14.7. The van der Waals surface area contributed by atoms with Gasteiger partial charge in [-0.2, -0.15) is 0 Å². The highest BCUT2D eigenvalue weighted by atomic mass is 16.5. The van der Waals surface area contributed by atoms with Crippen LogP contribution in [0.3, 0.4) is 0 Å². The Morgan fingerprint density at radius 1 is 1.55 bits per heavy atom. The Labute approximate surface area is 119 Å². The summed E-state index contributed by atoms with van der Waals surface area (Å²) in [5.41, 5.74) is 0.284. The van der Waals surface area contributed by atoms with E-state index in [1.54, 1.807) is 12.1 Å². The summed E-state index contributed by atoms with van der Waals surface area (Å²) in [6.45, 7) is 4.87. The Morgan fingerprint density at radius 3 is 3.00 bits per heavy atom. The van der Waals surface area contributed by atoms with Crippen LogP contribution in [0.25, 0.3) is 0 Å². The van der Waals surface area contributed by atoms with E-state index in [2.05, 4.69) is 17.1 Å². The number of likely N-dealkylation sites (tertiary alicyclic amines) is 1. The maximum absolute atomic E-state index is 12.1. The summed E-state index contributed by atoms with van der Waals surface area (Å²) in [4.78, 5) is 14.5. The summed E-state index contributed by atoms with van der Waals surface area (Å²) in [6.07, 6.45) is 2.30. The number of carbonyl (C=O) groups excluding carboxylic acids is 1. The normalized spacial score (nSPS) is 19.0. The summed E-state index contributed by atoms with van der Waals surface area (Å²) in [6, 6.07) is 5.10. The van der Waals surface area contributed by atoms with Crippen LogP contribution in [-0.2, 0) is 0 Å². The first-order valence-electron chi connectivity index (χ1n) is 7.05. The molecule has 1 amide bonds. The van der Waals surface area contributed by atoms with Crippen LogP contribution in [0.5, 0.6) is 11.5 Å². The lowest BCUT2D eigenvalue weighted by Crippen LogP contribution is -2.40. The molecule has 2 rings (SSSR count). The van der Waals surface area contributed by atoms with E-state index in [1.165, 1.54) is 19.6 Å². The highest BCUT2D eigenvalue weighted by Gasteiger charge is 2.23. The molecule has 1 aromatic carbocycles. The lowest BCUT2D eigenvalue weighted by Gasteiger charge is -2.22. The molecule has 2 N–H and O–H groups in total. The monoisotopic (exact) mass is 278 g/mol. The van der Waals surface area contributed by atoms with Gasteiger partial charge in [-0.05, 0) is 38.1 Å². The molecule has 0 spiro atoms. The lowest BCUT2D eigenvalue weighted by atomic mass is 10.1. The highest BCUT2D eigenvalue weighted by molar-refractivity contribution is 5.97. The number of phenols is 1. The van der Waals surface area contributed by atoms with E-state index < -0.39 is 0 Å². The number of hydrogen-bond acceptors (Lipinski definition) is 4. The second-order valence-corrected chi connectivity index (χ2v) is 5.02. The Morgan fingerprint density at radius 2 is 2.35 bits per heavy atom.